The molecule has 0 radical (unpaired) electrons. The van der Waals surface area contributed by atoms with E-state index < -0.39 is 10.7 Å². The van der Waals surface area contributed by atoms with Crippen LogP contribution in [-0.4, -0.2) is 4.92 Å². The molecule has 0 aromatic heterocycles. The van der Waals surface area contributed by atoms with Crippen molar-refractivity contribution in [1.29, 1.82) is 0 Å². The molecule has 0 heterocycles. The number of nitrogens with zero attached hydrogens (tertiary/aromatic N) is 1. The van der Waals surface area contributed by atoms with Gasteiger partial charge in [-0.25, -0.2) is 4.39 Å². The van der Waals surface area contributed by atoms with Crippen molar-refractivity contribution < 1.29 is 9.31 Å². The zero-order valence-corrected chi connectivity index (χ0v) is 6.16. The molecular formula is C8H6FNO2. The average molecular weight is 167 g/mol. The Morgan fingerprint density at radius 2 is 2.25 bits per heavy atom. The van der Waals surface area contributed by atoms with Crippen molar-refractivity contribution in [3.8, 4) is 0 Å². The van der Waals surface area contributed by atoms with Gasteiger partial charge in [0.15, 0.2) is 0 Å². The summed E-state index contributed by atoms with van der Waals surface area (Å²) in [4.78, 5) is 9.52. The molecular weight excluding hydrogens is 161 g/mol. The van der Waals surface area contributed by atoms with E-state index in [9.17, 15) is 14.5 Å². The summed E-state index contributed by atoms with van der Waals surface area (Å²) in [5.74, 6) is -0.626. The van der Waals surface area contributed by atoms with Gasteiger partial charge >= 0.3 is 0 Å². The maximum atomic E-state index is 12.8. The van der Waals surface area contributed by atoms with E-state index in [1.807, 2.05) is 0 Å². The number of hydrogen-bond acceptors (Lipinski definition) is 2. The molecule has 4 heteroatoms. The van der Waals surface area contributed by atoms with E-state index in [1.165, 1.54) is 18.2 Å². The number of benzene rings is 1. The van der Waals surface area contributed by atoms with Gasteiger partial charge < -0.3 is 0 Å². The number of nitro groups is 1. The van der Waals surface area contributed by atoms with Gasteiger partial charge in [-0.1, -0.05) is 12.7 Å². The van der Waals surface area contributed by atoms with Gasteiger partial charge in [-0.3, -0.25) is 10.1 Å². The normalized spacial score (nSPS) is 9.42. The van der Waals surface area contributed by atoms with Gasteiger partial charge in [-0.2, -0.15) is 0 Å². The molecule has 0 bridgehead atoms. The van der Waals surface area contributed by atoms with Crippen molar-refractivity contribution in [3.63, 3.8) is 0 Å². The van der Waals surface area contributed by atoms with E-state index in [4.69, 9.17) is 0 Å². The van der Waals surface area contributed by atoms with Crippen molar-refractivity contribution in [1.82, 2.24) is 0 Å². The second kappa shape index (κ2) is 3.13. The Hall–Kier alpha value is -1.71. The summed E-state index contributed by atoms with van der Waals surface area (Å²) >= 11 is 0. The van der Waals surface area contributed by atoms with Gasteiger partial charge in [0.05, 0.1) is 11.0 Å². The van der Waals surface area contributed by atoms with Gasteiger partial charge in [0.2, 0.25) is 0 Å². The van der Waals surface area contributed by atoms with Crippen LogP contribution in [-0.2, 0) is 0 Å². The number of nitro benzene ring substituents is 1. The number of rotatable bonds is 2. The molecule has 0 saturated carbocycles. The van der Waals surface area contributed by atoms with E-state index in [1.54, 1.807) is 0 Å². The Labute approximate surface area is 68.3 Å². The van der Waals surface area contributed by atoms with Crippen molar-refractivity contribution in [3.05, 3.63) is 46.3 Å². The predicted molar refractivity (Wildman–Crippen MR) is 43.1 cm³/mol. The topological polar surface area (TPSA) is 43.1 Å². The highest BCUT2D eigenvalue weighted by atomic mass is 19.1. The summed E-state index contributed by atoms with van der Waals surface area (Å²) in [6.07, 6.45) is 1.30. The Kier molecular flexibility index (Phi) is 2.19. The molecule has 1 aromatic rings. The molecule has 3 nitrogen and oxygen atoms in total. The number of hydrogen-bond donors (Lipinski definition) is 0. The summed E-state index contributed by atoms with van der Waals surface area (Å²) < 4.78 is 12.8. The fourth-order valence-corrected chi connectivity index (χ4v) is 0.795. The summed E-state index contributed by atoms with van der Waals surface area (Å²) in [6, 6.07) is 3.43. The van der Waals surface area contributed by atoms with Crippen LogP contribution < -0.4 is 0 Å². The molecule has 0 atom stereocenters. The van der Waals surface area contributed by atoms with Gasteiger partial charge in [0, 0.05) is 11.6 Å². The Morgan fingerprint density at radius 1 is 1.58 bits per heavy atom. The van der Waals surface area contributed by atoms with Crippen LogP contribution in [0, 0.1) is 15.9 Å². The smallest absolute Gasteiger partial charge is 0.258 e. The molecule has 0 N–H and O–H groups in total. The second-order valence-corrected chi connectivity index (χ2v) is 2.17. The number of halogens is 1. The first-order chi connectivity index (χ1) is 5.65. The lowest BCUT2D eigenvalue weighted by Crippen LogP contribution is -1.90. The van der Waals surface area contributed by atoms with Crippen LogP contribution in [0.3, 0.4) is 0 Å². The third kappa shape index (κ3) is 1.47. The molecule has 12 heavy (non-hydrogen) atoms. The molecule has 0 fully saturated rings. The van der Waals surface area contributed by atoms with Gasteiger partial charge in [0.25, 0.3) is 5.69 Å². The lowest BCUT2D eigenvalue weighted by atomic mass is 10.2. The largest absolute Gasteiger partial charge is 0.272 e. The van der Waals surface area contributed by atoms with Crippen molar-refractivity contribution in [2.24, 2.45) is 0 Å². The molecule has 0 aliphatic heterocycles. The molecule has 0 unspecified atom stereocenters. The molecule has 1 rings (SSSR count). The molecule has 0 amide bonds. The molecule has 0 saturated heterocycles. The average Bonchev–Trinajstić information content (AvgIpc) is 2.04. The first kappa shape index (κ1) is 8.39. The molecule has 1 aromatic carbocycles. The molecule has 0 aliphatic carbocycles. The lowest BCUT2D eigenvalue weighted by molar-refractivity contribution is -0.385. The number of non-ortho nitro benzene ring substituents is 1. The van der Waals surface area contributed by atoms with E-state index in [-0.39, 0.29) is 11.3 Å². The zero-order valence-electron chi connectivity index (χ0n) is 6.16. The van der Waals surface area contributed by atoms with Crippen LogP contribution in [0.25, 0.3) is 6.08 Å². The highest BCUT2D eigenvalue weighted by Crippen LogP contribution is 2.16. The highest BCUT2D eigenvalue weighted by Gasteiger charge is 2.07. The van der Waals surface area contributed by atoms with E-state index in [2.05, 4.69) is 6.58 Å². The Morgan fingerprint density at radius 3 is 2.67 bits per heavy atom. The van der Waals surface area contributed by atoms with Crippen molar-refractivity contribution in [2.75, 3.05) is 0 Å². The van der Waals surface area contributed by atoms with Crippen LogP contribution in [0.4, 0.5) is 10.1 Å². The Bertz CT molecular complexity index is 336. The quantitative estimate of drug-likeness (QED) is 0.501. The fourth-order valence-electron chi connectivity index (χ4n) is 0.795. The summed E-state index contributed by atoms with van der Waals surface area (Å²) in [6.45, 7) is 3.36. The fraction of sp³-hybridized carbons (Fsp3) is 0. The Balaban J connectivity index is 3.18. The van der Waals surface area contributed by atoms with Gasteiger partial charge in [-0.15, -0.1) is 0 Å². The molecule has 0 aliphatic rings. The minimum Gasteiger partial charge on any atom is -0.258 e. The molecule has 0 spiro atoms. The predicted octanol–water partition coefficient (Wildman–Crippen LogP) is 2.38. The van der Waals surface area contributed by atoms with Crippen molar-refractivity contribution in [2.45, 2.75) is 0 Å². The zero-order chi connectivity index (χ0) is 9.14. The van der Waals surface area contributed by atoms with Gasteiger partial charge in [0.1, 0.15) is 5.82 Å². The maximum Gasteiger partial charge on any atom is 0.272 e. The monoisotopic (exact) mass is 167 g/mol. The highest BCUT2D eigenvalue weighted by molar-refractivity contribution is 5.50. The SMILES string of the molecule is C=Cc1ccc([N+](=O)[O-])cc1F. The van der Waals surface area contributed by atoms with Crippen LogP contribution in [0.15, 0.2) is 24.8 Å². The maximum absolute atomic E-state index is 12.8. The lowest BCUT2D eigenvalue weighted by Gasteiger charge is -1.95. The van der Waals surface area contributed by atoms with E-state index >= 15 is 0 Å². The minimum atomic E-state index is -0.643. The summed E-state index contributed by atoms with van der Waals surface area (Å²) in [5.41, 5.74) is 0.0127. The molecule has 62 valence electrons. The summed E-state index contributed by atoms with van der Waals surface area (Å²) in [5, 5.41) is 10.2. The standard InChI is InChI=1S/C8H6FNO2/c1-2-6-3-4-7(10(11)12)5-8(6)9/h2-5H,1H2. The van der Waals surface area contributed by atoms with Crippen molar-refractivity contribution >= 4 is 11.8 Å². The second-order valence-electron chi connectivity index (χ2n) is 2.17. The first-order valence-corrected chi connectivity index (χ1v) is 3.21. The van der Waals surface area contributed by atoms with E-state index in [0.29, 0.717) is 0 Å². The summed E-state index contributed by atoms with van der Waals surface area (Å²) in [7, 11) is 0. The van der Waals surface area contributed by atoms with Crippen LogP contribution in [0.2, 0.25) is 0 Å². The van der Waals surface area contributed by atoms with E-state index in [0.717, 1.165) is 6.07 Å². The van der Waals surface area contributed by atoms with Crippen LogP contribution >= 0.6 is 0 Å². The third-order valence-corrected chi connectivity index (χ3v) is 1.41. The van der Waals surface area contributed by atoms with Crippen LogP contribution in [0.1, 0.15) is 5.56 Å². The van der Waals surface area contributed by atoms with Gasteiger partial charge in [-0.05, 0) is 6.07 Å². The third-order valence-electron chi connectivity index (χ3n) is 1.41. The first-order valence-electron chi connectivity index (χ1n) is 3.21. The minimum absolute atomic E-state index is 0.252. The van der Waals surface area contributed by atoms with Crippen LogP contribution in [0.5, 0.6) is 0 Å².